The lowest BCUT2D eigenvalue weighted by Gasteiger charge is -2.15. The Balaban J connectivity index is 2.10. The van der Waals surface area contributed by atoms with Crippen LogP contribution in [0, 0.1) is 0 Å². The first-order valence-electron chi connectivity index (χ1n) is 4.82. The molecule has 5 heteroatoms. The van der Waals surface area contributed by atoms with E-state index < -0.39 is 0 Å². The first-order valence-corrected chi connectivity index (χ1v) is 7.24. The molecule has 0 aliphatic carbocycles. The van der Waals surface area contributed by atoms with Gasteiger partial charge in [0.05, 0.1) is 17.6 Å². The smallest absolute Gasteiger partial charge is 0.107 e. The summed E-state index contributed by atoms with van der Waals surface area (Å²) in [6.45, 7) is 2.08. The molecular formula is C10H11BrCl2OS. The lowest BCUT2D eigenvalue weighted by molar-refractivity contribution is 0.0538. The summed E-state index contributed by atoms with van der Waals surface area (Å²) in [5.74, 6) is 0. The molecule has 3 unspecified atom stereocenters. The second kappa shape index (κ2) is 4.92. The maximum atomic E-state index is 6.37. The van der Waals surface area contributed by atoms with E-state index in [1.54, 1.807) is 0 Å². The predicted molar refractivity (Wildman–Crippen MR) is 69.2 cm³/mol. The quantitative estimate of drug-likeness (QED) is 0.693. The van der Waals surface area contributed by atoms with Gasteiger partial charge in [-0.25, -0.2) is 0 Å². The van der Waals surface area contributed by atoms with Crippen LogP contribution in [0.5, 0.6) is 0 Å². The van der Waals surface area contributed by atoms with Crippen LogP contribution in [0.3, 0.4) is 0 Å². The van der Waals surface area contributed by atoms with Crippen LogP contribution in [0.2, 0.25) is 4.34 Å². The molecule has 0 spiro atoms. The average Bonchev–Trinajstić information content (AvgIpc) is 2.74. The first kappa shape index (κ1) is 12.2. The van der Waals surface area contributed by atoms with Gasteiger partial charge in [0.25, 0.3) is 0 Å². The number of hydrogen-bond donors (Lipinski definition) is 0. The van der Waals surface area contributed by atoms with Gasteiger partial charge in [-0.3, -0.25) is 0 Å². The van der Waals surface area contributed by atoms with Crippen LogP contribution in [0.1, 0.15) is 30.0 Å². The van der Waals surface area contributed by atoms with Crippen molar-refractivity contribution in [3.05, 3.63) is 19.8 Å². The van der Waals surface area contributed by atoms with Gasteiger partial charge in [0.1, 0.15) is 4.34 Å². The summed E-state index contributed by atoms with van der Waals surface area (Å²) < 4.78 is 7.41. The summed E-state index contributed by atoms with van der Waals surface area (Å²) >= 11 is 17.3. The summed E-state index contributed by atoms with van der Waals surface area (Å²) in [6.07, 6.45) is 2.58. The van der Waals surface area contributed by atoms with Crippen molar-refractivity contribution >= 4 is 50.5 Å². The van der Waals surface area contributed by atoms with Crippen LogP contribution < -0.4 is 0 Å². The van der Waals surface area contributed by atoms with Crippen molar-refractivity contribution in [2.24, 2.45) is 0 Å². The summed E-state index contributed by atoms with van der Waals surface area (Å²) in [7, 11) is 0. The van der Waals surface area contributed by atoms with E-state index >= 15 is 0 Å². The predicted octanol–water partition coefficient (Wildman–Crippen LogP) is 5.01. The van der Waals surface area contributed by atoms with Crippen LogP contribution in [0.25, 0.3) is 0 Å². The molecule has 1 saturated heterocycles. The van der Waals surface area contributed by atoms with E-state index in [4.69, 9.17) is 27.9 Å². The van der Waals surface area contributed by atoms with E-state index in [9.17, 15) is 0 Å². The Morgan fingerprint density at radius 3 is 2.80 bits per heavy atom. The number of hydrogen-bond acceptors (Lipinski definition) is 2. The molecule has 0 amide bonds. The van der Waals surface area contributed by atoms with Crippen molar-refractivity contribution in [3.63, 3.8) is 0 Å². The van der Waals surface area contributed by atoms with E-state index in [0.717, 1.165) is 26.5 Å². The van der Waals surface area contributed by atoms with E-state index in [1.807, 2.05) is 6.07 Å². The molecule has 0 N–H and O–H groups in total. The number of thiophene rings is 1. The van der Waals surface area contributed by atoms with Crippen LogP contribution in [0.4, 0.5) is 0 Å². The van der Waals surface area contributed by atoms with Crippen molar-refractivity contribution in [2.45, 2.75) is 37.4 Å². The van der Waals surface area contributed by atoms with Gasteiger partial charge in [0, 0.05) is 9.35 Å². The highest BCUT2D eigenvalue weighted by atomic mass is 79.9. The highest BCUT2D eigenvalue weighted by Gasteiger charge is 2.30. The molecule has 1 nitrogen and oxygen atoms in total. The molecule has 3 atom stereocenters. The minimum atomic E-state index is -0.0799. The molecule has 0 bridgehead atoms. The first-order chi connectivity index (χ1) is 7.08. The summed E-state index contributed by atoms with van der Waals surface area (Å²) in [5.41, 5.74) is 0. The monoisotopic (exact) mass is 328 g/mol. The van der Waals surface area contributed by atoms with Crippen LogP contribution in [0.15, 0.2) is 10.5 Å². The van der Waals surface area contributed by atoms with Gasteiger partial charge in [0.15, 0.2) is 0 Å². The van der Waals surface area contributed by atoms with E-state index in [2.05, 4.69) is 22.9 Å². The van der Waals surface area contributed by atoms with Gasteiger partial charge in [-0.05, 0) is 41.8 Å². The third-order valence-corrected chi connectivity index (χ3v) is 5.73. The van der Waals surface area contributed by atoms with Gasteiger partial charge in [-0.2, -0.15) is 0 Å². The maximum absolute atomic E-state index is 6.37. The third-order valence-electron chi connectivity index (χ3n) is 2.53. The Kier molecular flexibility index (Phi) is 4.00. The zero-order valence-electron chi connectivity index (χ0n) is 8.17. The Labute approximate surface area is 112 Å². The fourth-order valence-electron chi connectivity index (χ4n) is 1.73. The molecule has 2 heterocycles. The highest BCUT2D eigenvalue weighted by molar-refractivity contribution is 9.10. The Morgan fingerprint density at radius 2 is 2.33 bits per heavy atom. The van der Waals surface area contributed by atoms with Crippen molar-refractivity contribution < 1.29 is 4.74 Å². The Hall–Kier alpha value is 0.720. The lowest BCUT2D eigenvalue weighted by atomic mass is 10.1. The van der Waals surface area contributed by atoms with Crippen molar-refractivity contribution in [1.82, 2.24) is 0 Å². The SMILES string of the molecule is CC1CCC(C(Cl)c2cc(Br)c(Cl)s2)O1. The molecule has 84 valence electrons. The van der Waals surface area contributed by atoms with Crippen molar-refractivity contribution in [2.75, 3.05) is 0 Å². The fraction of sp³-hybridized carbons (Fsp3) is 0.600. The van der Waals surface area contributed by atoms with Crippen LogP contribution in [-0.4, -0.2) is 12.2 Å². The minimum Gasteiger partial charge on any atom is -0.373 e. The van der Waals surface area contributed by atoms with Crippen molar-refractivity contribution in [1.29, 1.82) is 0 Å². The molecule has 1 aliphatic rings. The van der Waals surface area contributed by atoms with Crippen molar-refractivity contribution in [3.8, 4) is 0 Å². The molecule has 1 aliphatic heterocycles. The van der Waals surface area contributed by atoms with Gasteiger partial charge in [-0.15, -0.1) is 22.9 Å². The largest absolute Gasteiger partial charge is 0.373 e. The second-order valence-corrected chi connectivity index (χ2v) is 6.75. The molecule has 1 aromatic heterocycles. The number of rotatable bonds is 2. The normalized spacial score (nSPS) is 28.3. The molecule has 1 fully saturated rings. The van der Waals surface area contributed by atoms with Gasteiger partial charge >= 0.3 is 0 Å². The molecule has 2 rings (SSSR count). The molecule has 15 heavy (non-hydrogen) atoms. The second-order valence-electron chi connectivity index (χ2n) is 3.73. The van der Waals surface area contributed by atoms with Crippen LogP contribution >= 0.6 is 50.5 Å². The van der Waals surface area contributed by atoms with E-state index in [1.165, 1.54) is 11.3 Å². The summed E-state index contributed by atoms with van der Waals surface area (Å²) in [6, 6.07) is 1.98. The van der Waals surface area contributed by atoms with E-state index in [-0.39, 0.29) is 11.5 Å². The number of halogens is 3. The zero-order valence-corrected chi connectivity index (χ0v) is 12.1. The van der Waals surface area contributed by atoms with Gasteiger partial charge < -0.3 is 4.74 Å². The summed E-state index contributed by atoms with van der Waals surface area (Å²) in [4.78, 5) is 1.08. The van der Waals surface area contributed by atoms with Gasteiger partial charge in [0.2, 0.25) is 0 Å². The molecule has 0 saturated carbocycles. The minimum absolute atomic E-state index is 0.0799. The van der Waals surface area contributed by atoms with Crippen LogP contribution in [-0.2, 0) is 4.74 Å². The third kappa shape index (κ3) is 2.70. The zero-order chi connectivity index (χ0) is 11.0. The lowest BCUT2D eigenvalue weighted by Crippen LogP contribution is -2.13. The molecule has 0 aromatic carbocycles. The Morgan fingerprint density at radius 1 is 1.60 bits per heavy atom. The standard InChI is InChI=1S/C10H11BrCl2OS/c1-5-2-3-7(14-5)9(12)8-4-6(11)10(13)15-8/h4-5,7,9H,2-3H2,1H3. The molecule has 1 aromatic rings. The van der Waals surface area contributed by atoms with E-state index in [0.29, 0.717) is 6.10 Å². The summed E-state index contributed by atoms with van der Waals surface area (Å²) in [5, 5.41) is -0.0799. The number of alkyl halides is 1. The maximum Gasteiger partial charge on any atom is 0.107 e. The fourth-order valence-corrected chi connectivity index (χ4v) is 3.88. The van der Waals surface area contributed by atoms with Gasteiger partial charge in [-0.1, -0.05) is 11.6 Å². The average molecular weight is 330 g/mol. The topological polar surface area (TPSA) is 9.23 Å². The molecular weight excluding hydrogens is 319 g/mol. The Bertz CT molecular complexity index is 336. The number of ether oxygens (including phenoxy) is 1. The highest BCUT2D eigenvalue weighted by Crippen LogP contribution is 2.42. The molecule has 0 radical (unpaired) electrons.